The summed E-state index contributed by atoms with van der Waals surface area (Å²) in [7, 11) is 0. The number of carbonyl (C=O) groups is 2. The number of aromatic nitrogens is 2. The maximum Gasteiger partial charge on any atom is 0.326 e. The molecule has 0 bridgehead atoms. The van der Waals surface area contributed by atoms with Crippen LogP contribution in [0.4, 0.5) is 0 Å². The molecule has 0 spiro atoms. The average Bonchev–Trinajstić information content (AvgIpc) is 2.22. The van der Waals surface area contributed by atoms with Crippen molar-refractivity contribution in [3.63, 3.8) is 0 Å². The van der Waals surface area contributed by atoms with Crippen molar-refractivity contribution in [2.75, 3.05) is 0 Å². The van der Waals surface area contributed by atoms with E-state index in [1.807, 2.05) is 4.98 Å². The van der Waals surface area contributed by atoms with E-state index >= 15 is 0 Å². The number of hydrogen-bond donors (Lipinski definition) is 4. The number of carboxylic acid groups (broad SMARTS) is 1. The molecule has 1 atom stereocenters. The molecule has 0 aliphatic rings. The summed E-state index contributed by atoms with van der Waals surface area (Å²) in [5.74, 6) is -1.74. The van der Waals surface area contributed by atoms with E-state index in [9.17, 15) is 19.2 Å². The van der Waals surface area contributed by atoms with Gasteiger partial charge in [-0.15, -0.1) is 0 Å². The van der Waals surface area contributed by atoms with Crippen LogP contribution in [0.2, 0.25) is 0 Å². The summed E-state index contributed by atoms with van der Waals surface area (Å²) >= 11 is 0. The molecule has 1 unspecified atom stereocenters. The molecular weight excluding hydrogens is 266 g/mol. The van der Waals surface area contributed by atoms with Crippen LogP contribution in [0.25, 0.3) is 0 Å². The summed E-state index contributed by atoms with van der Waals surface area (Å²) in [4.78, 5) is 49.3. The van der Waals surface area contributed by atoms with E-state index in [1.54, 1.807) is 20.8 Å². The van der Waals surface area contributed by atoms with Crippen LogP contribution in [0.5, 0.6) is 0 Å². The molecule has 0 saturated carbocycles. The van der Waals surface area contributed by atoms with Crippen molar-refractivity contribution in [3.8, 4) is 0 Å². The topological polar surface area (TPSA) is 132 Å². The Morgan fingerprint density at radius 2 is 1.90 bits per heavy atom. The van der Waals surface area contributed by atoms with Gasteiger partial charge in [0.05, 0.1) is 6.42 Å². The first-order valence-corrected chi connectivity index (χ1v) is 5.94. The quantitative estimate of drug-likeness (QED) is 0.575. The lowest BCUT2D eigenvalue weighted by atomic mass is 9.86. The molecule has 1 rings (SSSR count). The van der Waals surface area contributed by atoms with Crippen molar-refractivity contribution in [3.05, 3.63) is 32.6 Å². The highest BCUT2D eigenvalue weighted by Crippen LogP contribution is 2.19. The van der Waals surface area contributed by atoms with E-state index in [1.165, 1.54) is 0 Å². The molecule has 0 aromatic carbocycles. The molecule has 8 heteroatoms. The molecule has 0 aliphatic carbocycles. The number of amides is 1. The lowest BCUT2D eigenvalue weighted by Gasteiger charge is -2.27. The largest absolute Gasteiger partial charge is 0.480 e. The van der Waals surface area contributed by atoms with Gasteiger partial charge in [-0.3, -0.25) is 14.6 Å². The van der Waals surface area contributed by atoms with Crippen LogP contribution < -0.4 is 16.6 Å². The number of carbonyl (C=O) groups excluding carboxylic acids is 1. The van der Waals surface area contributed by atoms with Gasteiger partial charge in [0.1, 0.15) is 6.04 Å². The van der Waals surface area contributed by atoms with Crippen LogP contribution in [0.15, 0.2) is 15.7 Å². The van der Waals surface area contributed by atoms with Crippen molar-refractivity contribution in [1.29, 1.82) is 0 Å². The highest BCUT2D eigenvalue weighted by molar-refractivity contribution is 5.85. The highest BCUT2D eigenvalue weighted by atomic mass is 16.4. The van der Waals surface area contributed by atoms with Gasteiger partial charge in [0.25, 0.3) is 5.56 Å². The molecule has 20 heavy (non-hydrogen) atoms. The molecule has 1 aromatic heterocycles. The Labute approximate surface area is 114 Å². The summed E-state index contributed by atoms with van der Waals surface area (Å²) in [6.45, 7) is 5.05. The number of carboxylic acids is 1. The van der Waals surface area contributed by atoms with Crippen LogP contribution in [0, 0.1) is 5.41 Å². The van der Waals surface area contributed by atoms with Crippen LogP contribution in [0.3, 0.4) is 0 Å². The monoisotopic (exact) mass is 283 g/mol. The minimum atomic E-state index is -1.15. The zero-order valence-electron chi connectivity index (χ0n) is 11.4. The third kappa shape index (κ3) is 4.38. The molecule has 0 saturated heterocycles. The van der Waals surface area contributed by atoms with Gasteiger partial charge in [-0.2, -0.15) is 0 Å². The van der Waals surface area contributed by atoms with Crippen LogP contribution in [-0.4, -0.2) is 33.0 Å². The standard InChI is InChI=1S/C12H17N3O5/c1-12(2,3)9(10(18)19)14-7(16)4-6-5-8(17)15-11(20)13-6/h5,9H,4H2,1-3H3,(H,14,16)(H,18,19)(H2,13,15,17,20). The number of rotatable bonds is 4. The summed E-state index contributed by atoms with van der Waals surface area (Å²) < 4.78 is 0. The lowest BCUT2D eigenvalue weighted by Crippen LogP contribution is -2.49. The molecule has 0 radical (unpaired) electrons. The van der Waals surface area contributed by atoms with Gasteiger partial charge in [-0.1, -0.05) is 20.8 Å². The Hall–Kier alpha value is -2.38. The van der Waals surface area contributed by atoms with Gasteiger partial charge in [-0.05, 0) is 5.41 Å². The molecule has 0 aliphatic heterocycles. The fraction of sp³-hybridized carbons (Fsp3) is 0.500. The summed E-state index contributed by atoms with van der Waals surface area (Å²) in [5.41, 5.74) is -1.88. The Kier molecular flexibility index (Phi) is 4.49. The first-order chi connectivity index (χ1) is 9.09. The second kappa shape index (κ2) is 5.72. The van der Waals surface area contributed by atoms with Crippen molar-refractivity contribution in [2.45, 2.75) is 33.2 Å². The van der Waals surface area contributed by atoms with Crippen molar-refractivity contribution in [1.82, 2.24) is 15.3 Å². The summed E-state index contributed by atoms with van der Waals surface area (Å²) in [6.07, 6.45) is -0.279. The Balaban J connectivity index is 2.84. The Morgan fingerprint density at radius 3 is 2.35 bits per heavy atom. The van der Waals surface area contributed by atoms with E-state index in [-0.39, 0.29) is 12.1 Å². The average molecular weight is 283 g/mol. The number of H-pyrrole nitrogens is 2. The molecule has 8 nitrogen and oxygen atoms in total. The Morgan fingerprint density at radius 1 is 1.30 bits per heavy atom. The lowest BCUT2D eigenvalue weighted by molar-refractivity contribution is -0.144. The van der Waals surface area contributed by atoms with Crippen molar-refractivity contribution >= 4 is 11.9 Å². The first kappa shape index (κ1) is 15.7. The van der Waals surface area contributed by atoms with Crippen LogP contribution in [0.1, 0.15) is 26.5 Å². The molecule has 1 heterocycles. The van der Waals surface area contributed by atoms with Gasteiger partial charge >= 0.3 is 11.7 Å². The van der Waals surface area contributed by atoms with Gasteiger partial charge in [0.2, 0.25) is 5.91 Å². The van der Waals surface area contributed by atoms with Gasteiger partial charge in [-0.25, -0.2) is 9.59 Å². The number of aromatic amines is 2. The highest BCUT2D eigenvalue weighted by Gasteiger charge is 2.32. The first-order valence-electron chi connectivity index (χ1n) is 5.94. The maximum atomic E-state index is 11.8. The second-order valence-corrected chi connectivity index (χ2v) is 5.49. The molecular formula is C12H17N3O5. The van der Waals surface area contributed by atoms with Gasteiger partial charge in [0, 0.05) is 11.8 Å². The third-order valence-corrected chi connectivity index (χ3v) is 2.59. The number of nitrogens with one attached hydrogen (secondary N) is 3. The fourth-order valence-electron chi connectivity index (χ4n) is 1.65. The summed E-state index contributed by atoms with van der Waals surface area (Å²) in [5, 5.41) is 11.5. The minimum Gasteiger partial charge on any atom is -0.480 e. The molecule has 1 amide bonds. The predicted molar refractivity (Wildman–Crippen MR) is 70.4 cm³/mol. The van der Waals surface area contributed by atoms with E-state index in [0.717, 1.165) is 6.07 Å². The molecule has 4 N–H and O–H groups in total. The van der Waals surface area contributed by atoms with E-state index in [4.69, 9.17) is 5.11 Å². The van der Waals surface area contributed by atoms with Crippen molar-refractivity contribution in [2.24, 2.45) is 5.41 Å². The predicted octanol–water partition coefficient (Wildman–Crippen LogP) is -0.779. The molecule has 0 fully saturated rings. The van der Waals surface area contributed by atoms with Crippen LogP contribution in [-0.2, 0) is 16.0 Å². The van der Waals surface area contributed by atoms with Gasteiger partial charge in [0.15, 0.2) is 0 Å². The SMILES string of the molecule is CC(C)(C)C(NC(=O)Cc1cc(=O)[nH]c(=O)[nH]1)C(=O)O. The molecule has 110 valence electrons. The maximum absolute atomic E-state index is 11.8. The second-order valence-electron chi connectivity index (χ2n) is 5.49. The number of hydrogen-bond acceptors (Lipinski definition) is 4. The third-order valence-electron chi connectivity index (χ3n) is 2.59. The van der Waals surface area contributed by atoms with E-state index in [0.29, 0.717) is 0 Å². The Bertz CT molecular complexity index is 595. The minimum absolute atomic E-state index is 0.120. The van der Waals surface area contributed by atoms with E-state index in [2.05, 4.69) is 10.3 Å². The van der Waals surface area contributed by atoms with E-state index < -0.39 is 34.6 Å². The van der Waals surface area contributed by atoms with Gasteiger partial charge < -0.3 is 15.4 Å². The zero-order valence-corrected chi connectivity index (χ0v) is 11.4. The molecule has 1 aromatic rings. The zero-order chi connectivity index (χ0) is 15.5. The van der Waals surface area contributed by atoms with Crippen molar-refractivity contribution < 1.29 is 14.7 Å². The normalized spacial score (nSPS) is 12.8. The smallest absolute Gasteiger partial charge is 0.326 e. The number of aliphatic carboxylic acids is 1. The van der Waals surface area contributed by atoms with Crippen LogP contribution >= 0.6 is 0 Å². The summed E-state index contributed by atoms with van der Waals surface area (Å²) in [6, 6.07) is 0.0112. The fourth-order valence-corrected chi connectivity index (χ4v) is 1.65.